The van der Waals surface area contributed by atoms with Crippen molar-refractivity contribution in [2.45, 2.75) is 78.5 Å². The van der Waals surface area contributed by atoms with Gasteiger partial charge in [0.2, 0.25) is 0 Å². The van der Waals surface area contributed by atoms with Gasteiger partial charge in [0.25, 0.3) is 5.91 Å². The Labute approximate surface area is 167 Å². The van der Waals surface area contributed by atoms with Crippen molar-refractivity contribution in [3.8, 4) is 5.75 Å². The fraction of sp³-hybridized carbons (Fsp3) is 0.565. The summed E-state index contributed by atoms with van der Waals surface area (Å²) in [4.78, 5) is 27.9. The number of hydrogen-bond acceptors (Lipinski definition) is 4. The van der Waals surface area contributed by atoms with Crippen molar-refractivity contribution in [1.29, 1.82) is 0 Å². The molecule has 152 valence electrons. The summed E-state index contributed by atoms with van der Waals surface area (Å²) in [7, 11) is 0. The number of hydrogen-bond donors (Lipinski definition) is 1. The highest BCUT2D eigenvalue weighted by atomic mass is 16.5. The van der Waals surface area contributed by atoms with Gasteiger partial charge in [-0.15, -0.1) is 0 Å². The van der Waals surface area contributed by atoms with Gasteiger partial charge in [-0.05, 0) is 44.4 Å². The Balaban J connectivity index is 2.04. The van der Waals surface area contributed by atoms with Crippen LogP contribution in [0.3, 0.4) is 0 Å². The van der Waals surface area contributed by atoms with E-state index in [-0.39, 0.29) is 29.3 Å². The predicted octanol–water partition coefficient (Wildman–Crippen LogP) is 4.73. The molecule has 1 aromatic carbocycles. The van der Waals surface area contributed by atoms with Gasteiger partial charge in [-0.25, -0.2) is 0 Å². The van der Waals surface area contributed by atoms with E-state index in [1.54, 1.807) is 4.90 Å². The molecule has 1 N–H and O–H groups in total. The van der Waals surface area contributed by atoms with Gasteiger partial charge in [-0.3, -0.25) is 9.59 Å². The van der Waals surface area contributed by atoms with E-state index in [2.05, 4.69) is 0 Å². The van der Waals surface area contributed by atoms with Gasteiger partial charge in [0.05, 0.1) is 17.7 Å². The van der Waals surface area contributed by atoms with E-state index >= 15 is 0 Å². The highest BCUT2D eigenvalue weighted by molar-refractivity contribution is 6.10. The summed E-state index contributed by atoms with van der Waals surface area (Å²) in [6, 6.07) is 7.02. The molecule has 0 radical (unpaired) electrons. The summed E-state index contributed by atoms with van der Waals surface area (Å²) in [5, 5.41) is 10.7. The van der Waals surface area contributed by atoms with Gasteiger partial charge in [0.1, 0.15) is 5.75 Å². The van der Waals surface area contributed by atoms with Crippen LogP contribution in [-0.2, 0) is 9.59 Å². The van der Waals surface area contributed by atoms with Crippen LogP contribution in [0.4, 0.5) is 0 Å². The number of nitrogens with zero attached hydrogens (tertiary/aromatic N) is 1. The number of aliphatic hydroxyl groups excluding tert-OH is 1. The van der Waals surface area contributed by atoms with Gasteiger partial charge >= 0.3 is 0 Å². The molecule has 1 aromatic rings. The summed E-state index contributed by atoms with van der Waals surface area (Å²) in [6.45, 7) is 9.37. The molecule has 5 nitrogen and oxygen atoms in total. The molecular formula is C23H31NO4. The highest BCUT2D eigenvalue weighted by Gasteiger charge is 2.48. The second-order valence-corrected chi connectivity index (χ2v) is 9.13. The quantitative estimate of drug-likeness (QED) is 0.796. The number of amides is 1. The van der Waals surface area contributed by atoms with Crippen LogP contribution in [0.5, 0.6) is 5.75 Å². The molecule has 1 heterocycles. The summed E-state index contributed by atoms with van der Waals surface area (Å²) >= 11 is 0. The number of aliphatic hydroxyl groups is 1. The van der Waals surface area contributed by atoms with Gasteiger partial charge < -0.3 is 14.7 Å². The minimum atomic E-state index is -0.686. The lowest BCUT2D eigenvalue weighted by Crippen LogP contribution is -2.39. The second kappa shape index (κ2) is 7.61. The lowest BCUT2D eigenvalue weighted by molar-refractivity contribution is -0.131. The Kier molecular flexibility index (Phi) is 5.55. The summed E-state index contributed by atoms with van der Waals surface area (Å²) in [5.41, 5.74) is 0.365. The minimum Gasteiger partial charge on any atom is -0.503 e. The largest absolute Gasteiger partial charge is 0.503 e. The van der Waals surface area contributed by atoms with Crippen LogP contribution < -0.4 is 4.74 Å². The smallest absolute Gasteiger partial charge is 0.290 e. The Morgan fingerprint density at radius 1 is 1.14 bits per heavy atom. The third-order valence-electron chi connectivity index (χ3n) is 5.46. The Hall–Kier alpha value is -2.30. The van der Waals surface area contributed by atoms with Crippen molar-refractivity contribution in [3.63, 3.8) is 0 Å². The predicted molar refractivity (Wildman–Crippen MR) is 108 cm³/mol. The van der Waals surface area contributed by atoms with Crippen molar-refractivity contribution in [2.75, 3.05) is 0 Å². The zero-order valence-corrected chi connectivity index (χ0v) is 17.5. The van der Waals surface area contributed by atoms with Crippen LogP contribution in [0, 0.1) is 5.41 Å². The molecule has 1 fully saturated rings. The van der Waals surface area contributed by atoms with Crippen LogP contribution in [-0.4, -0.2) is 33.8 Å². The highest BCUT2D eigenvalue weighted by Crippen LogP contribution is 2.44. The van der Waals surface area contributed by atoms with E-state index in [9.17, 15) is 14.7 Å². The Bertz CT molecular complexity index is 780. The van der Waals surface area contributed by atoms with Gasteiger partial charge in [-0.1, -0.05) is 45.7 Å². The van der Waals surface area contributed by atoms with Gasteiger partial charge in [-0.2, -0.15) is 0 Å². The number of ketones is 1. The van der Waals surface area contributed by atoms with E-state index in [4.69, 9.17) is 4.74 Å². The molecule has 0 bridgehead atoms. The molecular weight excluding hydrogens is 354 g/mol. The molecule has 1 unspecified atom stereocenters. The van der Waals surface area contributed by atoms with Crippen LogP contribution in [0.25, 0.3) is 0 Å². The fourth-order valence-electron chi connectivity index (χ4n) is 4.15. The first kappa shape index (κ1) is 20.4. The second-order valence-electron chi connectivity index (χ2n) is 9.13. The summed E-state index contributed by atoms with van der Waals surface area (Å²) in [5.74, 6) is -0.259. The van der Waals surface area contributed by atoms with Crippen LogP contribution in [0.15, 0.2) is 35.6 Å². The standard InChI is InChI=1S/C23H31NO4/c1-14(2)28-17-12-10-15(11-13-17)19-18(21(26)23(3,4)5)20(25)22(27)24(19)16-8-6-7-9-16/h10-14,16,19,25H,6-9H2,1-5H3. The third-order valence-corrected chi connectivity index (χ3v) is 5.46. The summed E-state index contributed by atoms with van der Waals surface area (Å²) < 4.78 is 5.72. The third kappa shape index (κ3) is 3.80. The molecule has 0 aromatic heterocycles. The maximum absolute atomic E-state index is 13.2. The fourth-order valence-corrected chi connectivity index (χ4v) is 4.15. The van der Waals surface area contributed by atoms with Crippen molar-refractivity contribution in [2.24, 2.45) is 5.41 Å². The molecule has 1 aliphatic carbocycles. The zero-order chi connectivity index (χ0) is 20.6. The van der Waals surface area contributed by atoms with Crippen LogP contribution in [0.2, 0.25) is 0 Å². The molecule has 28 heavy (non-hydrogen) atoms. The molecule has 1 atom stereocenters. The van der Waals surface area contributed by atoms with Gasteiger partial charge in [0, 0.05) is 11.5 Å². The molecule has 1 aliphatic heterocycles. The molecule has 1 amide bonds. The first-order valence-electron chi connectivity index (χ1n) is 10.2. The molecule has 0 spiro atoms. The lowest BCUT2D eigenvalue weighted by atomic mass is 9.82. The maximum Gasteiger partial charge on any atom is 0.290 e. The molecule has 5 heteroatoms. The Morgan fingerprint density at radius 2 is 1.71 bits per heavy atom. The number of carbonyl (C=O) groups is 2. The lowest BCUT2D eigenvalue weighted by Gasteiger charge is -2.33. The Morgan fingerprint density at radius 3 is 2.21 bits per heavy atom. The van der Waals surface area contributed by atoms with E-state index < -0.39 is 17.4 Å². The normalized spacial score (nSPS) is 21.1. The average molecular weight is 386 g/mol. The number of rotatable bonds is 5. The van der Waals surface area contributed by atoms with Crippen LogP contribution >= 0.6 is 0 Å². The van der Waals surface area contributed by atoms with E-state index in [0.29, 0.717) is 0 Å². The molecule has 1 saturated carbocycles. The van der Waals surface area contributed by atoms with Crippen LogP contribution in [0.1, 0.15) is 71.9 Å². The molecule has 3 rings (SSSR count). The summed E-state index contributed by atoms with van der Waals surface area (Å²) in [6.07, 6.45) is 4.00. The van der Waals surface area contributed by atoms with Crippen molar-refractivity contribution in [3.05, 3.63) is 41.2 Å². The minimum absolute atomic E-state index is 0.0523. The van der Waals surface area contributed by atoms with E-state index in [1.807, 2.05) is 58.9 Å². The van der Waals surface area contributed by atoms with Crippen molar-refractivity contribution in [1.82, 2.24) is 4.90 Å². The monoisotopic (exact) mass is 385 g/mol. The van der Waals surface area contributed by atoms with Gasteiger partial charge in [0.15, 0.2) is 11.5 Å². The number of benzene rings is 1. The number of ether oxygens (including phenoxy) is 1. The first-order valence-corrected chi connectivity index (χ1v) is 10.2. The zero-order valence-electron chi connectivity index (χ0n) is 17.5. The average Bonchev–Trinajstić information content (AvgIpc) is 3.21. The van der Waals surface area contributed by atoms with Crippen molar-refractivity contribution >= 4 is 11.7 Å². The number of Topliss-reactive ketones (excluding diaryl/α,β-unsaturated/α-hetero) is 1. The van der Waals surface area contributed by atoms with Crippen molar-refractivity contribution < 1.29 is 19.4 Å². The SMILES string of the molecule is CC(C)Oc1ccc(C2C(C(=O)C(C)(C)C)=C(O)C(=O)N2C2CCCC2)cc1. The van der Waals surface area contributed by atoms with E-state index in [0.717, 1.165) is 37.0 Å². The number of carbonyl (C=O) groups excluding carboxylic acids is 2. The topological polar surface area (TPSA) is 66.8 Å². The first-order chi connectivity index (χ1) is 13.1. The molecule has 2 aliphatic rings. The molecule has 0 saturated heterocycles. The maximum atomic E-state index is 13.2. The van der Waals surface area contributed by atoms with E-state index in [1.165, 1.54) is 0 Å².